The molecule has 1 aromatic heterocycles. The molecule has 0 aliphatic rings. The van der Waals surface area contributed by atoms with E-state index in [1.807, 2.05) is 74.5 Å². The molecule has 0 aliphatic heterocycles. The molecule has 0 unspecified atom stereocenters. The minimum Gasteiger partial charge on any atom is -0.490 e. The quantitative estimate of drug-likeness (QED) is 0.167. The van der Waals surface area contributed by atoms with Gasteiger partial charge in [0.15, 0.2) is 0 Å². The van der Waals surface area contributed by atoms with Crippen LogP contribution in [-0.4, -0.2) is 41.4 Å². The number of para-hydroxylation sites is 2. The second-order valence-electron chi connectivity index (χ2n) is 8.24. The Hall–Kier alpha value is -4.57. The summed E-state index contributed by atoms with van der Waals surface area (Å²) in [6, 6.07) is 22.4. The Balaban J connectivity index is 1.24. The summed E-state index contributed by atoms with van der Waals surface area (Å²) < 4.78 is 11.6. The van der Waals surface area contributed by atoms with Crippen LogP contribution in [0.1, 0.15) is 32.1 Å². The van der Waals surface area contributed by atoms with Crippen molar-refractivity contribution in [2.75, 3.05) is 18.5 Å². The van der Waals surface area contributed by atoms with Gasteiger partial charge in [-0.25, -0.2) is 5.43 Å². The van der Waals surface area contributed by atoms with Gasteiger partial charge in [0, 0.05) is 11.1 Å². The number of anilines is 1. The van der Waals surface area contributed by atoms with Gasteiger partial charge in [-0.05, 0) is 49.2 Å². The minimum absolute atomic E-state index is 0.0242. The van der Waals surface area contributed by atoms with E-state index in [9.17, 15) is 9.59 Å². The van der Waals surface area contributed by atoms with Gasteiger partial charge in [0.05, 0.1) is 12.6 Å². The van der Waals surface area contributed by atoms with Crippen LogP contribution in [0, 0.1) is 13.8 Å². The van der Waals surface area contributed by atoms with Crippen molar-refractivity contribution in [2.24, 2.45) is 5.10 Å². The van der Waals surface area contributed by atoms with Crippen LogP contribution in [-0.2, 0) is 11.2 Å². The largest absolute Gasteiger partial charge is 0.490 e. The SMILES string of the molecule is Cc1ccccc1OCCOc1ccccc1/C=N\NC(=O)Cc1nnc(NC(=O)c2ccccc2C)s1. The lowest BCUT2D eigenvalue weighted by molar-refractivity contribution is -0.120. The van der Waals surface area contributed by atoms with Gasteiger partial charge >= 0.3 is 0 Å². The lowest BCUT2D eigenvalue weighted by Crippen LogP contribution is -2.19. The number of benzene rings is 3. The zero-order valence-corrected chi connectivity index (χ0v) is 21.8. The molecule has 0 aliphatic carbocycles. The summed E-state index contributed by atoms with van der Waals surface area (Å²) in [4.78, 5) is 24.8. The lowest BCUT2D eigenvalue weighted by atomic mass is 10.1. The van der Waals surface area contributed by atoms with Crippen molar-refractivity contribution in [3.8, 4) is 11.5 Å². The number of nitrogens with one attached hydrogen (secondary N) is 2. The fourth-order valence-electron chi connectivity index (χ4n) is 3.46. The van der Waals surface area contributed by atoms with Crippen LogP contribution in [0.5, 0.6) is 11.5 Å². The molecule has 38 heavy (non-hydrogen) atoms. The zero-order chi connectivity index (χ0) is 26.7. The summed E-state index contributed by atoms with van der Waals surface area (Å²) in [6.45, 7) is 4.59. The van der Waals surface area contributed by atoms with Gasteiger partial charge in [-0.2, -0.15) is 5.10 Å². The molecule has 0 fully saturated rings. The highest BCUT2D eigenvalue weighted by molar-refractivity contribution is 7.15. The normalized spacial score (nSPS) is 10.8. The van der Waals surface area contributed by atoms with Crippen LogP contribution in [0.3, 0.4) is 0 Å². The number of carbonyl (C=O) groups excluding carboxylic acids is 2. The fraction of sp³-hybridized carbons (Fsp3) is 0.179. The molecule has 2 amide bonds. The van der Waals surface area contributed by atoms with E-state index in [1.165, 1.54) is 6.21 Å². The summed E-state index contributed by atoms with van der Waals surface area (Å²) >= 11 is 1.13. The monoisotopic (exact) mass is 529 g/mol. The molecular weight excluding hydrogens is 502 g/mol. The maximum absolute atomic E-state index is 12.4. The number of carbonyl (C=O) groups is 2. The van der Waals surface area contributed by atoms with E-state index in [2.05, 4.69) is 26.0 Å². The number of rotatable bonds is 11. The van der Waals surface area contributed by atoms with Crippen LogP contribution in [0.15, 0.2) is 77.9 Å². The van der Waals surface area contributed by atoms with Gasteiger partial charge in [0.2, 0.25) is 11.0 Å². The molecular formula is C28H27N5O4S. The van der Waals surface area contributed by atoms with Gasteiger partial charge in [-0.3, -0.25) is 14.9 Å². The Morgan fingerprint density at radius 3 is 2.29 bits per heavy atom. The number of ether oxygens (including phenoxy) is 2. The van der Waals surface area contributed by atoms with E-state index >= 15 is 0 Å². The van der Waals surface area contributed by atoms with Gasteiger partial charge < -0.3 is 9.47 Å². The number of hydrazone groups is 1. The summed E-state index contributed by atoms with van der Waals surface area (Å²) in [5, 5.41) is 15.5. The first-order valence-corrected chi connectivity index (χ1v) is 12.7. The Morgan fingerprint density at radius 2 is 1.53 bits per heavy atom. The maximum atomic E-state index is 12.4. The first-order valence-electron chi connectivity index (χ1n) is 11.9. The van der Waals surface area contributed by atoms with Crippen LogP contribution >= 0.6 is 11.3 Å². The molecule has 10 heteroatoms. The first kappa shape index (κ1) is 26.5. The third-order valence-electron chi connectivity index (χ3n) is 5.39. The van der Waals surface area contributed by atoms with E-state index in [-0.39, 0.29) is 18.2 Å². The maximum Gasteiger partial charge on any atom is 0.257 e. The van der Waals surface area contributed by atoms with E-state index in [1.54, 1.807) is 12.1 Å². The van der Waals surface area contributed by atoms with Crippen molar-refractivity contribution in [2.45, 2.75) is 20.3 Å². The number of aryl methyl sites for hydroxylation is 2. The van der Waals surface area contributed by atoms with Gasteiger partial charge in [0.25, 0.3) is 5.91 Å². The standard InChI is InChI=1S/C28H27N5O4S/c1-19-9-3-6-12-22(19)27(35)30-28-33-32-26(38-28)17-25(34)31-29-18-21-11-5-8-14-24(21)37-16-15-36-23-13-7-4-10-20(23)2/h3-14,18H,15-17H2,1-2H3,(H,31,34)(H,30,33,35)/b29-18-. The van der Waals surface area contributed by atoms with Crippen LogP contribution < -0.4 is 20.2 Å². The fourth-order valence-corrected chi connectivity index (χ4v) is 4.19. The lowest BCUT2D eigenvalue weighted by Gasteiger charge is -2.11. The Kier molecular flexibility index (Phi) is 9.14. The smallest absolute Gasteiger partial charge is 0.257 e. The Bertz CT molecular complexity index is 1440. The van der Waals surface area contributed by atoms with Crippen molar-refractivity contribution >= 4 is 34.5 Å². The number of amides is 2. The highest BCUT2D eigenvalue weighted by Crippen LogP contribution is 2.19. The summed E-state index contributed by atoms with van der Waals surface area (Å²) in [5.41, 5.74) is 5.67. The molecule has 0 radical (unpaired) electrons. The second kappa shape index (κ2) is 13.1. The van der Waals surface area contributed by atoms with Crippen molar-refractivity contribution < 1.29 is 19.1 Å². The van der Waals surface area contributed by atoms with E-state index in [4.69, 9.17) is 9.47 Å². The molecule has 0 saturated carbocycles. The zero-order valence-electron chi connectivity index (χ0n) is 21.0. The van der Waals surface area contributed by atoms with E-state index < -0.39 is 0 Å². The van der Waals surface area contributed by atoms with Gasteiger partial charge in [-0.15, -0.1) is 10.2 Å². The van der Waals surface area contributed by atoms with Crippen molar-refractivity contribution in [1.29, 1.82) is 0 Å². The average Bonchev–Trinajstić information content (AvgIpc) is 3.34. The minimum atomic E-state index is -0.362. The second-order valence-corrected chi connectivity index (χ2v) is 9.30. The molecule has 0 saturated heterocycles. The molecule has 3 aromatic carbocycles. The number of hydrogen-bond donors (Lipinski definition) is 2. The molecule has 4 aromatic rings. The third-order valence-corrected chi connectivity index (χ3v) is 6.23. The summed E-state index contributed by atoms with van der Waals surface area (Å²) in [6.07, 6.45) is 1.49. The predicted molar refractivity (Wildman–Crippen MR) is 147 cm³/mol. The van der Waals surface area contributed by atoms with Crippen molar-refractivity contribution in [3.63, 3.8) is 0 Å². The molecule has 2 N–H and O–H groups in total. The Morgan fingerprint density at radius 1 is 0.868 bits per heavy atom. The molecule has 9 nitrogen and oxygen atoms in total. The highest BCUT2D eigenvalue weighted by Gasteiger charge is 2.13. The van der Waals surface area contributed by atoms with Crippen LogP contribution in [0.4, 0.5) is 5.13 Å². The first-order chi connectivity index (χ1) is 18.5. The Labute approximate surface area is 224 Å². The van der Waals surface area contributed by atoms with Crippen molar-refractivity contribution in [1.82, 2.24) is 15.6 Å². The number of nitrogens with zero attached hydrogens (tertiary/aromatic N) is 3. The van der Waals surface area contributed by atoms with Crippen LogP contribution in [0.2, 0.25) is 0 Å². The third kappa shape index (κ3) is 7.47. The van der Waals surface area contributed by atoms with Crippen molar-refractivity contribution in [3.05, 3.63) is 100 Å². The summed E-state index contributed by atoms with van der Waals surface area (Å²) in [5.74, 6) is 0.809. The van der Waals surface area contributed by atoms with E-state index in [0.717, 1.165) is 28.2 Å². The van der Waals surface area contributed by atoms with Gasteiger partial charge in [-0.1, -0.05) is 59.9 Å². The number of hydrogen-bond acceptors (Lipinski definition) is 8. The summed E-state index contributed by atoms with van der Waals surface area (Å²) in [7, 11) is 0. The molecule has 0 bridgehead atoms. The average molecular weight is 530 g/mol. The van der Waals surface area contributed by atoms with E-state index in [0.29, 0.717) is 40.2 Å². The molecule has 194 valence electrons. The predicted octanol–water partition coefficient (Wildman–Crippen LogP) is 4.56. The van der Waals surface area contributed by atoms with Gasteiger partial charge in [0.1, 0.15) is 29.7 Å². The molecule has 0 atom stereocenters. The van der Waals surface area contributed by atoms with Crippen LogP contribution in [0.25, 0.3) is 0 Å². The number of aromatic nitrogens is 2. The highest BCUT2D eigenvalue weighted by atomic mass is 32.1. The molecule has 1 heterocycles. The topological polar surface area (TPSA) is 115 Å². The molecule has 0 spiro atoms. The molecule has 4 rings (SSSR count).